The lowest BCUT2D eigenvalue weighted by Crippen LogP contribution is -2.10. The summed E-state index contributed by atoms with van der Waals surface area (Å²) < 4.78 is 4.12. The highest BCUT2D eigenvalue weighted by Gasteiger charge is 2.24. The Morgan fingerprint density at radius 2 is 1.44 bits per heavy atom. The van der Waals surface area contributed by atoms with Gasteiger partial charge in [-0.25, -0.2) is 4.79 Å². The van der Waals surface area contributed by atoms with Gasteiger partial charge in [0, 0.05) is 40.1 Å². The number of carbonyl (C=O) groups is 1. The Bertz CT molecular complexity index is 1410. The van der Waals surface area contributed by atoms with Crippen LogP contribution in [0.2, 0.25) is 0 Å². The lowest BCUT2D eigenvalue weighted by atomic mass is 10.0. The van der Waals surface area contributed by atoms with Crippen molar-refractivity contribution in [3.8, 4) is 16.8 Å². The molecule has 0 aliphatic carbocycles. The maximum atomic E-state index is 12.6. The van der Waals surface area contributed by atoms with E-state index in [1.807, 2.05) is 71.3 Å². The molecular weight excluding hydrogens is 396 g/mol. The maximum absolute atomic E-state index is 12.6. The van der Waals surface area contributed by atoms with E-state index < -0.39 is 5.97 Å². The standard InChI is InChI=1S/C28H24N2O2/c1-19-13-14-20(2)30(19)23-15-16-25-24(17-23)26(22-11-7-4-8-12-22)27(28(31)32)29(25)18-21-9-5-3-6-10-21/h3-17H,18H2,1-2H3,(H,31,32). The van der Waals surface area contributed by atoms with Gasteiger partial charge in [-0.1, -0.05) is 60.7 Å². The van der Waals surface area contributed by atoms with Crippen molar-refractivity contribution in [2.45, 2.75) is 20.4 Å². The van der Waals surface area contributed by atoms with Crippen LogP contribution in [-0.2, 0) is 6.54 Å². The van der Waals surface area contributed by atoms with Crippen LogP contribution in [0.3, 0.4) is 0 Å². The average molecular weight is 421 g/mol. The first kappa shape index (κ1) is 19.9. The predicted octanol–water partition coefficient (Wildman–Crippen LogP) is 6.46. The third-order valence-corrected chi connectivity index (χ3v) is 6.02. The number of aromatic carboxylic acids is 1. The summed E-state index contributed by atoms with van der Waals surface area (Å²) in [5, 5.41) is 11.2. The van der Waals surface area contributed by atoms with Crippen LogP contribution < -0.4 is 0 Å². The van der Waals surface area contributed by atoms with Crippen LogP contribution in [0.15, 0.2) is 91.0 Å². The van der Waals surface area contributed by atoms with Crippen LogP contribution in [0.25, 0.3) is 27.7 Å². The van der Waals surface area contributed by atoms with E-state index in [2.05, 4.69) is 42.7 Å². The summed E-state index contributed by atoms with van der Waals surface area (Å²) in [6, 6.07) is 30.2. The molecule has 0 fully saturated rings. The van der Waals surface area contributed by atoms with E-state index in [1.165, 1.54) is 0 Å². The first-order chi connectivity index (χ1) is 15.5. The third kappa shape index (κ3) is 3.30. The quantitative estimate of drug-likeness (QED) is 0.355. The van der Waals surface area contributed by atoms with E-state index >= 15 is 0 Å². The smallest absolute Gasteiger partial charge is 0.353 e. The largest absolute Gasteiger partial charge is 0.477 e. The molecule has 0 bridgehead atoms. The molecule has 158 valence electrons. The number of aromatic nitrogens is 2. The summed E-state index contributed by atoms with van der Waals surface area (Å²) in [6.07, 6.45) is 0. The summed E-state index contributed by atoms with van der Waals surface area (Å²) in [4.78, 5) is 12.6. The first-order valence-corrected chi connectivity index (χ1v) is 10.7. The average Bonchev–Trinajstić information content (AvgIpc) is 3.31. The molecule has 0 atom stereocenters. The van der Waals surface area contributed by atoms with Crippen molar-refractivity contribution in [1.29, 1.82) is 0 Å². The molecule has 4 nitrogen and oxygen atoms in total. The van der Waals surface area contributed by atoms with Gasteiger partial charge in [0.05, 0.1) is 0 Å². The fraction of sp³-hybridized carbons (Fsp3) is 0.107. The number of hydrogen-bond donors (Lipinski definition) is 1. The van der Waals surface area contributed by atoms with E-state index in [9.17, 15) is 9.90 Å². The van der Waals surface area contributed by atoms with Gasteiger partial charge in [0.1, 0.15) is 5.69 Å². The Hall–Kier alpha value is -4.05. The molecule has 0 unspecified atom stereocenters. The normalized spacial score (nSPS) is 11.2. The Balaban J connectivity index is 1.83. The molecule has 32 heavy (non-hydrogen) atoms. The fourth-order valence-electron chi connectivity index (χ4n) is 4.61. The zero-order valence-electron chi connectivity index (χ0n) is 18.1. The Labute approximate surface area is 187 Å². The molecular formula is C28H24N2O2. The number of carboxylic acid groups (broad SMARTS) is 1. The highest BCUT2D eigenvalue weighted by Crippen LogP contribution is 2.37. The second kappa shape index (κ2) is 7.89. The van der Waals surface area contributed by atoms with Crippen LogP contribution in [0, 0.1) is 13.8 Å². The second-order valence-electron chi connectivity index (χ2n) is 8.12. The van der Waals surface area contributed by atoms with Gasteiger partial charge in [0.25, 0.3) is 0 Å². The van der Waals surface area contributed by atoms with Crippen LogP contribution in [0.4, 0.5) is 0 Å². The van der Waals surface area contributed by atoms with Crippen molar-refractivity contribution in [2.24, 2.45) is 0 Å². The van der Waals surface area contributed by atoms with Crippen molar-refractivity contribution < 1.29 is 9.90 Å². The number of benzene rings is 3. The highest BCUT2D eigenvalue weighted by molar-refractivity contribution is 6.08. The highest BCUT2D eigenvalue weighted by atomic mass is 16.4. The van der Waals surface area contributed by atoms with Gasteiger partial charge in [0.15, 0.2) is 0 Å². The lowest BCUT2D eigenvalue weighted by Gasteiger charge is -2.11. The Kier molecular flexibility index (Phi) is 4.91. The van der Waals surface area contributed by atoms with Crippen molar-refractivity contribution in [3.63, 3.8) is 0 Å². The number of carboxylic acids is 1. The van der Waals surface area contributed by atoms with E-state index in [0.29, 0.717) is 12.2 Å². The molecule has 5 rings (SSSR count). The van der Waals surface area contributed by atoms with Gasteiger partial charge in [-0.3, -0.25) is 0 Å². The van der Waals surface area contributed by atoms with Gasteiger partial charge in [0.2, 0.25) is 0 Å². The first-order valence-electron chi connectivity index (χ1n) is 10.7. The summed E-state index contributed by atoms with van der Waals surface area (Å²) in [5.41, 5.74) is 7.27. The maximum Gasteiger partial charge on any atom is 0.353 e. The number of fused-ring (bicyclic) bond motifs is 1. The van der Waals surface area contributed by atoms with Gasteiger partial charge < -0.3 is 14.2 Å². The van der Waals surface area contributed by atoms with Gasteiger partial charge in [-0.05, 0) is 55.3 Å². The molecule has 0 amide bonds. The molecule has 2 heterocycles. The van der Waals surface area contributed by atoms with E-state index in [4.69, 9.17) is 0 Å². The van der Waals surface area contributed by atoms with Crippen LogP contribution in [0.1, 0.15) is 27.4 Å². The zero-order valence-corrected chi connectivity index (χ0v) is 18.1. The van der Waals surface area contributed by atoms with Crippen LogP contribution >= 0.6 is 0 Å². The molecule has 5 aromatic rings. The molecule has 0 saturated heterocycles. The van der Waals surface area contributed by atoms with Gasteiger partial charge in [-0.15, -0.1) is 0 Å². The molecule has 1 N–H and O–H groups in total. The number of nitrogens with zero attached hydrogens (tertiary/aromatic N) is 2. The minimum absolute atomic E-state index is 0.313. The molecule has 0 radical (unpaired) electrons. The van der Waals surface area contributed by atoms with Crippen molar-refractivity contribution in [3.05, 3.63) is 114 Å². The van der Waals surface area contributed by atoms with E-state index in [0.717, 1.165) is 44.7 Å². The molecule has 0 aliphatic heterocycles. The minimum Gasteiger partial charge on any atom is -0.477 e. The number of aryl methyl sites for hydroxylation is 2. The van der Waals surface area contributed by atoms with E-state index in [1.54, 1.807) is 0 Å². The minimum atomic E-state index is -0.925. The van der Waals surface area contributed by atoms with Crippen molar-refractivity contribution in [2.75, 3.05) is 0 Å². The zero-order chi connectivity index (χ0) is 22.2. The summed E-state index contributed by atoms with van der Waals surface area (Å²) in [5.74, 6) is -0.925. The topological polar surface area (TPSA) is 47.2 Å². The van der Waals surface area contributed by atoms with E-state index in [-0.39, 0.29) is 0 Å². The van der Waals surface area contributed by atoms with Gasteiger partial charge in [-0.2, -0.15) is 0 Å². The molecule has 0 aliphatic rings. The molecule has 3 aromatic carbocycles. The third-order valence-electron chi connectivity index (χ3n) is 6.02. The SMILES string of the molecule is Cc1ccc(C)n1-c1ccc2c(c1)c(-c1ccccc1)c(C(=O)O)n2Cc1ccccc1. The lowest BCUT2D eigenvalue weighted by molar-refractivity contribution is 0.0687. The van der Waals surface area contributed by atoms with Crippen LogP contribution in [0.5, 0.6) is 0 Å². The molecule has 0 saturated carbocycles. The summed E-state index contributed by atoms with van der Waals surface area (Å²) >= 11 is 0. The molecule has 0 spiro atoms. The summed E-state index contributed by atoms with van der Waals surface area (Å²) in [6.45, 7) is 4.66. The fourth-order valence-corrected chi connectivity index (χ4v) is 4.61. The predicted molar refractivity (Wildman–Crippen MR) is 129 cm³/mol. The summed E-state index contributed by atoms with van der Waals surface area (Å²) in [7, 11) is 0. The second-order valence-corrected chi connectivity index (χ2v) is 8.12. The number of rotatable bonds is 5. The number of hydrogen-bond acceptors (Lipinski definition) is 1. The van der Waals surface area contributed by atoms with Gasteiger partial charge >= 0.3 is 5.97 Å². The molecule has 4 heteroatoms. The van der Waals surface area contributed by atoms with Crippen molar-refractivity contribution >= 4 is 16.9 Å². The monoisotopic (exact) mass is 420 g/mol. The Morgan fingerprint density at radius 3 is 2.06 bits per heavy atom. The van der Waals surface area contributed by atoms with Crippen LogP contribution in [-0.4, -0.2) is 20.2 Å². The Morgan fingerprint density at radius 1 is 0.812 bits per heavy atom. The van der Waals surface area contributed by atoms with Crippen molar-refractivity contribution in [1.82, 2.24) is 9.13 Å². The molecule has 2 aromatic heterocycles.